The van der Waals surface area contributed by atoms with E-state index in [1.807, 2.05) is 49.1 Å². The summed E-state index contributed by atoms with van der Waals surface area (Å²) in [5.74, 6) is -0.186. The number of sulfone groups is 1. The number of unbranched alkanes of at least 4 members (excludes halogenated alkanes) is 4. The number of nitriles is 1. The van der Waals surface area contributed by atoms with Gasteiger partial charge in [-0.05, 0) is 58.1 Å². The molecule has 3 rings (SSSR count). The van der Waals surface area contributed by atoms with Gasteiger partial charge in [0, 0.05) is 75.1 Å². The number of ether oxygens (including phenoxy) is 5. The Bertz CT molecular complexity index is 2080. The number of carbonyl (C=O) groups is 2. The molecule has 0 spiro atoms. The first-order valence-corrected chi connectivity index (χ1v) is 23.3. The van der Waals surface area contributed by atoms with Crippen molar-refractivity contribution < 1.29 is 51.9 Å². The average Bonchev–Trinajstić information content (AvgIpc) is 3.29. The van der Waals surface area contributed by atoms with Crippen molar-refractivity contribution in [2.45, 2.75) is 89.5 Å². The number of rotatable bonds is 32. The summed E-state index contributed by atoms with van der Waals surface area (Å²) < 4.78 is 55.3. The Morgan fingerprint density at radius 1 is 0.859 bits per heavy atom. The lowest BCUT2D eigenvalue weighted by atomic mass is 10.1. The van der Waals surface area contributed by atoms with Gasteiger partial charge in [-0.15, -0.1) is 10.2 Å². The number of pyridine rings is 1. The molecule has 0 saturated heterocycles. The summed E-state index contributed by atoms with van der Waals surface area (Å²) >= 11 is 0. The second-order valence-corrected chi connectivity index (χ2v) is 16.9. The first kappa shape index (κ1) is 53.0. The highest BCUT2D eigenvalue weighted by Crippen LogP contribution is 2.41. The molecule has 0 radical (unpaired) electrons. The molecule has 1 aromatic heterocycles. The van der Waals surface area contributed by atoms with Gasteiger partial charge in [0.05, 0.1) is 38.7 Å². The van der Waals surface area contributed by atoms with Gasteiger partial charge in [0.1, 0.15) is 52.9 Å². The molecule has 19 heteroatoms. The quantitative estimate of drug-likeness (QED) is 0.0282. The third-order valence-corrected chi connectivity index (χ3v) is 11.9. The fourth-order valence-corrected chi connectivity index (χ4v) is 7.79. The van der Waals surface area contributed by atoms with Crippen molar-refractivity contribution >= 4 is 50.5 Å². The third kappa shape index (κ3) is 17.6. The summed E-state index contributed by atoms with van der Waals surface area (Å²) in [6.45, 7) is 7.34. The molecule has 0 aliphatic rings. The lowest BCUT2D eigenvalue weighted by Crippen LogP contribution is -2.39. The molecule has 0 aliphatic carbocycles. The maximum absolute atomic E-state index is 13.9. The molecule has 1 heterocycles. The van der Waals surface area contributed by atoms with Crippen molar-refractivity contribution in [1.29, 1.82) is 5.26 Å². The molecular weight excluding hydrogens is 847 g/mol. The number of anilines is 3. The van der Waals surface area contributed by atoms with E-state index in [0.29, 0.717) is 43.5 Å². The van der Waals surface area contributed by atoms with Gasteiger partial charge in [-0.1, -0.05) is 38.0 Å². The Kier molecular flexibility index (Phi) is 24.1. The minimum Gasteiger partial charge on any atom is -0.495 e. The van der Waals surface area contributed by atoms with E-state index in [0.717, 1.165) is 19.3 Å². The van der Waals surface area contributed by atoms with Gasteiger partial charge in [-0.2, -0.15) is 5.26 Å². The van der Waals surface area contributed by atoms with Crippen molar-refractivity contribution in [3.05, 3.63) is 53.6 Å². The molecule has 0 saturated carbocycles. The van der Waals surface area contributed by atoms with Crippen LogP contribution in [0.25, 0.3) is 0 Å². The third-order valence-electron chi connectivity index (χ3n) is 10.2. The summed E-state index contributed by atoms with van der Waals surface area (Å²) in [5, 5.41) is 43.5. The molecule has 64 heavy (non-hydrogen) atoms. The number of methoxy groups -OCH3 is 2. The number of nitrogens with zero attached hydrogens (tertiary/aromatic N) is 5. The van der Waals surface area contributed by atoms with Crippen LogP contribution in [-0.2, 0) is 33.6 Å². The smallest absolute Gasteiger partial charge is 0.305 e. The number of azo groups is 1. The van der Waals surface area contributed by atoms with E-state index in [4.69, 9.17) is 38.9 Å². The van der Waals surface area contributed by atoms with Crippen LogP contribution < -0.4 is 20.1 Å². The summed E-state index contributed by atoms with van der Waals surface area (Å²) in [6, 6.07) is 14.2. The van der Waals surface area contributed by atoms with Crippen LogP contribution in [0.2, 0.25) is 0 Å². The number of carbonyl (C=O) groups excluding carboxylic acids is 2. The first-order chi connectivity index (χ1) is 30.9. The van der Waals surface area contributed by atoms with Crippen LogP contribution in [0.3, 0.4) is 0 Å². The predicted octanol–water partition coefficient (Wildman–Crippen LogP) is 6.93. The van der Waals surface area contributed by atoms with E-state index in [1.165, 1.54) is 26.4 Å². The molecule has 1 unspecified atom stereocenters. The molecule has 2 aromatic carbocycles. The van der Waals surface area contributed by atoms with Gasteiger partial charge in [0.2, 0.25) is 0 Å². The number of aliphatic hydroxyl groups is 2. The monoisotopic (exact) mass is 911 g/mol. The number of para-hydroxylation sites is 1. The van der Waals surface area contributed by atoms with Crippen LogP contribution in [0, 0.1) is 18.3 Å². The topological polar surface area (TPSA) is 244 Å². The Morgan fingerprint density at radius 2 is 1.52 bits per heavy atom. The van der Waals surface area contributed by atoms with Crippen LogP contribution in [0.5, 0.6) is 11.5 Å². The van der Waals surface area contributed by atoms with Crippen molar-refractivity contribution in [2.75, 3.05) is 89.9 Å². The Morgan fingerprint density at radius 3 is 2.12 bits per heavy atom. The maximum Gasteiger partial charge on any atom is 0.305 e. The minimum absolute atomic E-state index is 0.0195. The van der Waals surface area contributed by atoms with Gasteiger partial charge in [-0.3, -0.25) is 14.5 Å². The van der Waals surface area contributed by atoms with Gasteiger partial charge < -0.3 is 44.5 Å². The summed E-state index contributed by atoms with van der Waals surface area (Å²) in [5.41, 5.74) is 1.77. The van der Waals surface area contributed by atoms with Gasteiger partial charge in [0.25, 0.3) is 0 Å². The largest absolute Gasteiger partial charge is 0.495 e. The second-order valence-electron chi connectivity index (χ2n) is 14.8. The lowest BCUT2D eigenvalue weighted by Gasteiger charge is -2.28. The maximum atomic E-state index is 13.9. The number of aromatic nitrogens is 1. The highest BCUT2D eigenvalue weighted by atomic mass is 32.2. The van der Waals surface area contributed by atoms with E-state index >= 15 is 0 Å². The fourth-order valence-electron chi connectivity index (χ4n) is 6.36. The zero-order chi connectivity index (χ0) is 46.7. The Labute approximate surface area is 377 Å². The average molecular weight is 912 g/mol. The molecule has 0 amide bonds. The zero-order valence-electron chi connectivity index (χ0n) is 37.8. The van der Waals surface area contributed by atoms with Crippen LogP contribution >= 0.6 is 0 Å². The molecule has 4 N–H and O–H groups in total. The van der Waals surface area contributed by atoms with Crippen LogP contribution in [0.4, 0.5) is 28.7 Å². The molecule has 18 nitrogen and oxygen atoms in total. The van der Waals surface area contributed by atoms with Crippen LogP contribution in [0.15, 0.2) is 57.6 Å². The standard InChI is InChI=1S/C45H65N7O11S/c1-6-33(2)52(21-26-62-41(55)18-12-8-14-23-53)22-29-64(57,58)40-31-38(59-4)37(30-39(40)60-5)50-51-43-34(3)36(32-46)44(49-45(43)48-35-16-10-7-11-17-35)47-20-25-61-27-28-63-42(56)19-13-9-15-24-54/h7,10-11,16-17,30-31,33,53-54H,6,8-9,12-15,18-29H2,1-5H3,(H2,47,48,49)/b51-50+. The van der Waals surface area contributed by atoms with E-state index in [2.05, 4.69) is 26.9 Å². The molecule has 3 aromatic rings. The van der Waals surface area contributed by atoms with E-state index < -0.39 is 9.84 Å². The molecule has 352 valence electrons. The minimum atomic E-state index is -3.95. The molecule has 1 atom stereocenters. The Hall–Kier alpha value is -5.39. The summed E-state index contributed by atoms with van der Waals surface area (Å²) in [6.07, 6.45) is 5.36. The van der Waals surface area contributed by atoms with Crippen molar-refractivity contribution in [1.82, 2.24) is 9.88 Å². The van der Waals surface area contributed by atoms with Gasteiger partial charge in [-0.25, -0.2) is 13.4 Å². The number of hydrogen-bond acceptors (Lipinski definition) is 18. The van der Waals surface area contributed by atoms with Crippen LogP contribution in [0.1, 0.15) is 82.8 Å². The van der Waals surface area contributed by atoms with Crippen molar-refractivity contribution in [3.8, 4) is 17.6 Å². The SMILES string of the molecule is CCC(C)N(CCOC(=O)CCCCCO)CCS(=O)(=O)c1cc(OC)c(/N=N/c2c(Nc3ccccc3)nc(NCCOCCOC(=O)CCCCCO)c(C#N)c2C)cc1OC. The highest BCUT2D eigenvalue weighted by molar-refractivity contribution is 7.91. The van der Waals surface area contributed by atoms with Crippen molar-refractivity contribution in [3.63, 3.8) is 0 Å². The van der Waals surface area contributed by atoms with Gasteiger partial charge >= 0.3 is 11.9 Å². The first-order valence-electron chi connectivity index (χ1n) is 21.7. The van der Waals surface area contributed by atoms with E-state index in [-0.39, 0.29) is 134 Å². The summed E-state index contributed by atoms with van der Waals surface area (Å²) in [4.78, 5) is 30.7. The predicted molar refractivity (Wildman–Crippen MR) is 243 cm³/mol. The number of nitrogens with one attached hydrogen (secondary N) is 2. The number of benzene rings is 2. The zero-order valence-corrected chi connectivity index (χ0v) is 38.6. The van der Waals surface area contributed by atoms with E-state index in [9.17, 15) is 23.3 Å². The highest BCUT2D eigenvalue weighted by Gasteiger charge is 2.26. The normalized spacial score (nSPS) is 11.9. The van der Waals surface area contributed by atoms with Gasteiger partial charge in [0.15, 0.2) is 15.7 Å². The number of hydrogen-bond donors (Lipinski definition) is 4. The van der Waals surface area contributed by atoms with E-state index in [1.54, 1.807) is 6.92 Å². The molecule has 0 fully saturated rings. The number of esters is 2. The second kappa shape index (κ2) is 29.1. The van der Waals surface area contributed by atoms with Crippen LogP contribution in [-0.4, -0.2) is 126 Å². The molecule has 0 aliphatic heterocycles. The Balaban J connectivity index is 1.80. The molecular formula is C45H65N7O11S. The summed E-state index contributed by atoms with van der Waals surface area (Å²) in [7, 11) is -1.20. The fraction of sp³-hybridized carbons (Fsp3) is 0.556. The molecule has 0 bridgehead atoms. The number of aliphatic hydroxyl groups excluding tert-OH is 2. The van der Waals surface area contributed by atoms with Crippen molar-refractivity contribution in [2.24, 2.45) is 10.2 Å². The lowest BCUT2D eigenvalue weighted by molar-refractivity contribution is -0.145.